The zero-order chi connectivity index (χ0) is 45.7. The summed E-state index contributed by atoms with van der Waals surface area (Å²) in [6.07, 6.45) is 7.90. The van der Waals surface area contributed by atoms with Crippen LogP contribution in [0.1, 0.15) is 5.69 Å². The summed E-state index contributed by atoms with van der Waals surface area (Å²) in [6, 6.07) is 71.6. The average Bonchev–Trinajstić information content (AvgIpc) is 4.14. The molecule has 0 unspecified atom stereocenters. The van der Waals surface area contributed by atoms with E-state index in [2.05, 4.69) is 201 Å². The van der Waals surface area contributed by atoms with Crippen LogP contribution in [0.15, 0.2) is 225 Å². The van der Waals surface area contributed by atoms with Crippen molar-refractivity contribution in [3.63, 3.8) is 0 Å². The molecule has 0 saturated heterocycles. The second-order valence-electron chi connectivity index (χ2n) is 17.0. The first kappa shape index (κ1) is 39.9. The van der Waals surface area contributed by atoms with Gasteiger partial charge in [-0.2, -0.15) is 0 Å². The van der Waals surface area contributed by atoms with Crippen molar-refractivity contribution in [1.82, 2.24) is 38.6 Å². The minimum absolute atomic E-state index is 0.673. The molecule has 1 aliphatic heterocycles. The molecular formula is C60H41N9. The van der Waals surface area contributed by atoms with Crippen molar-refractivity contribution in [3.05, 3.63) is 230 Å². The van der Waals surface area contributed by atoms with Gasteiger partial charge in [-0.15, -0.1) is 0 Å². The van der Waals surface area contributed by atoms with Gasteiger partial charge in [-0.1, -0.05) is 152 Å². The molecule has 9 nitrogen and oxygen atoms in total. The zero-order valence-corrected chi connectivity index (χ0v) is 37.2. The lowest BCUT2D eigenvalue weighted by Gasteiger charge is -2.19. The summed E-state index contributed by atoms with van der Waals surface area (Å²) in [5, 5.41) is 3.70. The largest absolute Gasteiger partial charge is 0.366 e. The molecule has 9 heteroatoms. The maximum Gasteiger partial charge on any atom is 0.164 e. The number of imidazole rings is 3. The molecule has 0 spiro atoms. The molecule has 12 aromatic rings. The number of hydrogen-bond acceptors (Lipinski definition) is 6. The number of anilines is 1. The molecule has 1 N–H and O–H groups in total. The van der Waals surface area contributed by atoms with Crippen molar-refractivity contribution in [2.24, 2.45) is 0 Å². The zero-order valence-electron chi connectivity index (χ0n) is 37.2. The first-order valence-electron chi connectivity index (χ1n) is 23.1. The van der Waals surface area contributed by atoms with Gasteiger partial charge in [-0.05, 0) is 83.4 Å². The lowest BCUT2D eigenvalue weighted by Crippen LogP contribution is -2.10. The number of para-hydroxylation sites is 3. The van der Waals surface area contributed by atoms with Crippen LogP contribution in [0, 0.1) is 0 Å². The van der Waals surface area contributed by atoms with Gasteiger partial charge < -0.3 is 5.32 Å². The van der Waals surface area contributed by atoms with Crippen LogP contribution in [0.25, 0.3) is 113 Å². The van der Waals surface area contributed by atoms with Gasteiger partial charge in [0.25, 0.3) is 0 Å². The first-order chi connectivity index (χ1) is 34.2. The normalized spacial score (nSPS) is 12.1. The summed E-state index contributed by atoms with van der Waals surface area (Å²) in [4.78, 5) is 26.4. The standard InChI is InChI=1S/C60H41N9/c1-4-19-40(20-5-1)46-25-10-13-31-52(46)67-55(64-49-28-16-34-61-58(49)67)43-37-44(56-65-50-29-17-35-62-59(50)68(56)53-32-14-11-26-47(53)41-21-6-2-7-22-41)39-45(38-43)57-66-51-30-18-36-63-60(51)69(57)54-33-15-12-27-48(54)42-23-8-3-9-24-42/h1-35,37-39,63H,36H2. The Kier molecular flexibility index (Phi) is 9.68. The molecule has 326 valence electrons. The maximum atomic E-state index is 5.49. The van der Waals surface area contributed by atoms with Gasteiger partial charge >= 0.3 is 0 Å². The summed E-state index contributed by atoms with van der Waals surface area (Å²) in [5.41, 5.74) is 15.9. The van der Waals surface area contributed by atoms with E-state index in [-0.39, 0.29) is 0 Å². The monoisotopic (exact) mass is 887 g/mol. The summed E-state index contributed by atoms with van der Waals surface area (Å²) in [7, 11) is 0. The van der Waals surface area contributed by atoms with E-state index in [1.807, 2.05) is 48.8 Å². The van der Waals surface area contributed by atoms with Crippen molar-refractivity contribution < 1.29 is 0 Å². The van der Waals surface area contributed by atoms with Crippen LogP contribution in [0.4, 0.5) is 5.82 Å². The van der Waals surface area contributed by atoms with Gasteiger partial charge in [0.15, 0.2) is 11.3 Å². The molecule has 69 heavy (non-hydrogen) atoms. The van der Waals surface area contributed by atoms with E-state index in [0.717, 1.165) is 118 Å². The van der Waals surface area contributed by atoms with Crippen molar-refractivity contribution >= 4 is 34.2 Å². The van der Waals surface area contributed by atoms with Gasteiger partial charge in [-0.25, -0.2) is 24.9 Å². The fraction of sp³-hybridized carbons (Fsp3) is 0.0167. The topological polar surface area (TPSA) is 91.3 Å². The van der Waals surface area contributed by atoms with E-state index in [0.29, 0.717) is 6.54 Å². The number of benzene rings is 7. The number of pyridine rings is 2. The Balaban J connectivity index is 1.13. The van der Waals surface area contributed by atoms with Crippen molar-refractivity contribution in [1.29, 1.82) is 0 Å². The lowest BCUT2D eigenvalue weighted by atomic mass is 10.0. The summed E-state index contributed by atoms with van der Waals surface area (Å²) in [5.74, 6) is 3.14. The number of hydrogen-bond donors (Lipinski definition) is 1. The Morgan fingerprint density at radius 2 is 0.754 bits per heavy atom. The molecule has 0 bridgehead atoms. The van der Waals surface area contributed by atoms with E-state index < -0.39 is 0 Å². The fourth-order valence-corrected chi connectivity index (χ4v) is 9.75. The Labute approximate surface area is 398 Å². The fourth-order valence-electron chi connectivity index (χ4n) is 9.75. The summed E-state index contributed by atoms with van der Waals surface area (Å²) >= 11 is 0. The van der Waals surface area contributed by atoms with E-state index in [1.165, 1.54) is 0 Å². The number of rotatable bonds is 9. The van der Waals surface area contributed by atoms with Crippen molar-refractivity contribution in [3.8, 4) is 84.6 Å². The molecule has 0 atom stereocenters. The number of aromatic nitrogens is 8. The van der Waals surface area contributed by atoms with Gasteiger partial charge in [0, 0.05) is 52.3 Å². The second-order valence-corrected chi connectivity index (χ2v) is 17.0. The molecule has 0 radical (unpaired) electrons. The molecule has 7 aromatic carbocycles. The van der Waals surface area contributed by atoms with Crippen LogP contribution in [0.5, 0.6) is 0 Å². The maximum absolute atomic E-state index is 5.49. The highest BCUT2D eigenvalue weighted by molar-refractivity contribution is 5.90. The smallest absolute Gasteiger partial charge is 0.164 e. The van der Waals surface area contributed by atoms with Gasteiger partial charge in [-0.3, -0.25) is 13.7 Å². The molecule has 0 amide bonds. The second kappa shape index (κ2) is 16.8. The highest BCUT2D eigenvalue weighted by Crippen LogP contribution is 2.42. The molecule has 0 saturated carbocycles. The van der Waals surface area contributed by atoms with E-state index in [9.17, 15) is 0 Å². The minimum Gasteiger partial charge on any atom is -0.366 e. The predicted molar refractivity (Wildman–Crippen MR) is 279 cm³/mol. The Hall–Kier alpha value is -9.47. The van der Waals surface area contributed by atoms with E-state index >= 15 is 0 Å². The van der Waals surface area contributed by atoms with E-state index in [4.69, 9.17) is 24.9 Å². The van der Waals surface area contributed by atoms with Crippen LogP contribution < -0.4 is 5.32 Å². The lowest BCUT2D eigenvalue weighted by molar-refractivity contribution is 1.05. The van der Waals surface area contributed by atoms with Gasteiger partial charge in [0.1, 0.15) is 40.0 Å². The Morgan fingerprint density at radius 1 is 0.362 bits per heavy atom. The van der Waals surface area contributed by atoms with Crippen molar-refractivity contribution in [2.75, 3.05) is 11.9 Å². The van der Waals surface area contributed by atoms with Crippen LogP contribution in [0.2, 0.25) is 0 Å². The number of fused-ring (bicyclic) bond motifs is 3. The van der Waals surface area contributed by atoms with Crippen molar-refractivity contribution in [2.45, 2.75) is 0 Å². The van der Waals surface area contributed by atoms with Gasteiger partial charge in [0.2, 0.25) is 0 Å². The highest BCUT2D eigenvalue weighted by atomic mass is 15.2. The summed E-state index contributed by atoms with van der Waals surface area (Å²) < 4.78 is 6.67. The molecule has 0 aliphatic carbocycles. The van der Waals surface area contributed by atoms with Crippen LogP contribution in [0.3, 0.4) is 0 Å². The quantitative estimate of drug-likeness (QED) is 0.155. The number of nitrogens with zero attached hydrogens (tertiary/aromatic N) is 8. The summed E-state index contributed by atoms with van der Waals surface area (Å²) in [6.45, 7) is 0.673. The third-order valence-corrected chi connectivity index (χ3v) is 12.8. The average molecular weight is 888 g/mol. The molecule has 6 heterocycles. The Morgan fingerprint density at radius 3 is 1.20 bits per heavy atom. The molecule has 13 rings (SSSR count). The molecule has 0 fully saturated rings. The molecule has 1 aliphatic rings. The SMILES string of the molecule is C1=Cc2nc(-c3cc(-c4nc5cccnc5n4-c4ccccc4-c4ccccc4)cc(-c4nc5cccnc5n4-c4ccccc4-c4ccccc4)c3)n(-c3ccccc3-c3ccccc3)c2NC1. The third-order valence-electron chi connectivity index (χ3n) is 12.8. The first-order valence-corrected chi connectivity index (χ1v) is 23.1. The molecular weight excluding hydrogens is 847 g/mol. The van der Waals surface area contributed by atoms with E-state index in [1.54, 1.807) is 0 Å². The number of nitrogens with one attached hydrogen (secondary N) is 1. The third kappa shape index (κ3) is 6.91. The minimum atomic E-state index is 0.673. The highest BCUT2D eigenvalue weighted by Gasteiger charge is 2.27. The van der Waals surface area contributed by atoms with Crippen LogP contribution in [-0.4, -0.2) is 45.2 Å². The van der Waals surface area contributed by atoms with Crippen LogP contribution in [-0.2, 0) is 0 Å². The predicted octanol–water partition coefficient (Wildman–Crippen LogP) is 13.8. The van der Waals surface area contributed by atoms with Crippen LogP contribution >= 0.6 is 0 Å². The Bertz CT molecular complexity index is 3720. The molecule has 5 aromatic heterocycles. The van der Waals surface area contributed by atoms with Gasteiger partial charge in [0.05, 0.1) is 17.1 Å².